The molecular formula is C11H15NO2S. The van der Waals surface area contributed by atoms with E-state index >= 15 is 0 Å². The van der Waals surface area contributed by atoms with E-state index in [0.29, 0.717) is 10.8 Å². The molecule has 1 aliphatic heterocycles. The van der Waals surface area contributed by atoms with Crippen LogP contribution in [0.15, 0.2) is 12.1 Å². The molecule has 1 saturated heterocycles. The minimum absolute atomic E-state index is 0.434. The van der Waals surface area contributed by atoms with Crippen molar-refractivity contribution in [1.82, 2.24) is 0 Å². The molecule has 1 fully saturated rings. The van der Waals surface area contributed by atoms with Crippen LogP contribution in [0.4, 0.5) is 5.00 Å². The van der Waals surface area contributed by atoms with Crippen LogP contribution in [0.3, 0.4) is 0 Å². The van der Waals surface area contributed by atoms with E-state index in [1.54, 1.807) is 6.07 Å². The minimum atomic E-state index is -0.823. The quantitative estimate of drug-likeness (QED) is 0.841. The van der Waals surface area contributed by atoms with Gasteiger partial charge in [-0.2, -0.15) is 0 Å². The van der Waals surface area contributed by atoms with Crippen LogP contribution in [0.2, 0.25) is 0 Å². The summed E-state index contributed by atoms with van der Waals surface area (Å²) in [6.07, 6.45) is 2.50. The summed E-state index contributed by atoms with van der Waals surface area (Å²) in [5.41, 5.74) is 0. The Balaban J connectivity index is 2.11. The molecule has 15 heavy (non-hydrogen) atoms. The number of carbonyl (C=O) groups is 1. The van der Waals surface area contributed by atoms with Crippen LogP contribution < -0.4 is 4.90 Å². The van der Waals surface area contributed by atoms with Gasteiger partial charge in [-0.15, -0.1) is 11.3 Å². The third-order valence-electron chi connectivity index (χ3n) is 2.77. The number of anilines is 1. The first-order valence-corrected chi connectivity index (χ1v) is 6.06. The van der Waals surface area contributed by atoms with E-state index < -0.39 is 5.97 Å². The second-order valence-corrected chi connectivity index (χ2v) is 5.20. The standard InChI is InChI=1S/C11H15NO2S/c1-8-3-2-6-12(7-8)10-5-4-9(15-10)11(13)14/h4-5,8H,2-3,6-7H2,1H3,(H,13,14). The summed E-state index contributed by atoms with van der Waals surface area (Å²) in [4.78, 5) is 13.5. The zero-order valence-electron chi connectivity index (χ0n) is 8.77. The van der Waals surface area contributed by atoms with Crippen molar-refractivity contribution in [2.75, 3.05) is 18.0 Å². The van der Waals surface area contributed by atoms with E-state index in [1.165, 1.54) is 24.2 Å². The second-order valence-electron chi connectivity index (χ2n) is 4.14. The van der Waals surface area contributed by atoms with Crippen LogP contribution in [0.5, 0.6) is 0 Å². The number of aromatic carboxylic acids is 1. The van der Waals surface area contributed by atoms with Gasteiger partial charge in [-0.25, -0.2) is 4.79 Å². The molecule has 1 aromatic heterocycles. The van der Waals surface area contributed by atoms with E-state index in [4.69, 9.17) is 5.11 Å². The van der Waals surface area contributed by atoms with Crippen LogP contribution in [0, 0.1) is 5.92 Å². The Morgan fingerprint density at radius 1 is 1.60 bits per heavy atom. The number of rotatable bonds is 2. The molecule has 1 unspecified atom stereocenters. The Morgan fingerprint density at radius 2 is 2.40 bits per heavy atom. The highest BCUT2D eigenvalue weighted by Gasteiger charge is 2.18. The maximum Gasteiger partial charge on any atom is 0.345 e. The number of hydrogen-bond acceptors (Lipinski definition) is 3. The molecule has 0 amide bonds. The van der Waals surface area contributed by atoms with Crippen molar-refractivity contribution in [3.63, 3.8) is 0 Å². The van der Waals surface area contributed by atoms with Gasteiger partial charge in [0.05, 0.1) is 5.00 Å². The number of carboxylic acid groups (broad SMARTS) is 1. The van der Waals surface area contributed by atoms with Gasteiger partial charge >= 0.3 is 5.97 Å². The van der Waals surface area contributed by atoms with Gasteiger partial charge in [0.15, 0.2) is 0 Å². The van der Waals surface area contributed by atoms with Gasteiger partial charge < -0.3 is 10.0 Å². The summed E-state index contributed by atoms with van der Waals surface area (Å²) >= 11 is 1.38. The SMILES string of the molecule is CC1CCCN(c2ccc(C(=O)O)s2)C1. The third kappa shape index (κ3) is 2.31. The van der Waals surface area contributed by atoms with Crippen LogP contribution in [0.25, 0.3) is 0 Å². The molecule has 0 aliphatic carbocycles. The van der Waals surface area contributed by atoms with Crippen molar-refractivity contribution in [1.29, 1.82) is 0 Å². The fourth-order valence-electron chi connectivity index (χ4n) is 2.00. The highest BCUT2D eigenvalue weighted by atomic mass is 32.1. The first-order valence-electron chi connectivity index (χ1n) is 5.25. The van der Waals surface area contributed by atoms with Crippen LogP contribution >= 0.6 is 11.3 Å². The Bertz CT molecular complexity index is 361. The Labute approximate surface area is 93.3 Å². The molecular weight excluding hydrogens is 210 g/mol. The summed E-state index contributed by atoms with van der Waals surface area (Å²) in [5, 5.41) is 9.94. The van der Waals surface area contributed by atoms with Crippen molar-refractivity contribution in [3.8, 4) is 0 Å². The summed E-state index contributed by atoms with van der Waals surface area (Å²) in [7, 11) is 0. The van der Waals surface area contributed by atoms with Crippen molar-refractivity contribution >= 4 is 22.3 Å². The lowest BCUT2D eigenvalue weighted by molar-refractivity contribution is 0.0702. The highest BCUT2D eigenvalue weighted by molar-refractivity contribution is 7.17. The van der Waals surface area contributed by atoms with Gasteiger partial charge in [-0.3, -0.25) is 0 Å². The van der Waals surface area contributed by atoms with E-state index in [2.05, 4.69) is 11.8 Å². The number of nitrogens with zero attached hydrogens (tertiary/aromatic N) is 1. The van der Waals surface area contributed by atoms with Crippen molar-refractivity contribution in [2.45, 2.75) is 19.8 Å². The van der Waals surface area contributed by atoms with Crippen molar-refractivity contribution in [3.05, 3.63) is 17.0 Å². The Kier molecular flexibility index (Phi) is 2.95. The van der Waals surface area contributed by atoms with Crippen molar-refractivity contribution in [2.24, 2.45) is 5.92 Å². The molecule has 4 heteroatoms. The Hall–Kier alpha value is -1.03. The molecule has 1 aromatic rings. The average Bonchev–Trinajstić information content (AvgIpc) is 2.66. The van der Waals surface area contributed by atoms with E-state index in [1.807, 2.05) is 6.07 Å². The summed E-state index contributed by atoms with van der Waals surface area (Å²) in [6, 6.07) is 3.62. The molecule has 82 valence electrons. The normalized spacial score (nSPS) is 21.7. The van der Waals surface area contributed by atoms with Crippen LogP contribution in [-0.2, 0) is 0 Å². The molecule has 0 aromatic carbocycles. The lowest BCUT2D eigenvalue weighted by Crippen LogP contribution is -2.33. The second kappa shape index (κ2) is 4.23. The fraction of sp³-hybridized carbons (Fsp3) is 0.545. The largest absolute Gasteiger partial charge is 0.477 e. The molecule has 2 heterocycles. The average molecular weight is 225 g/mol. The van der Waals surface area contributed by atoms with Crippen LogP contribution in [-0.4, -0.2) is 24.2 Å². The molecule has 0 spiro atoms. The van der Waals surface area contributed by atoms with E-state index in [9.17, 15) is 4.79 Å². The predicted molar refractivity (Wildman–Crippen MR) is 61.9 cm³/mol. The van der Waals surface area contributed by atoms with E-state index in [0.717, 1.165) is 18.1 Å². The summed E-state index contributed by atoms with van der Waals surface area (Å²) < 4.78 is 0. The fourth-order valence-corrected chi connectivity index (χ4v) is 2.88. The summed E-state index contributed by atoms with van der Waals surface area (Å²) in [5.74, 6) is -0.106. The molecule has 1 N–H and O–H groups in total. The number of hydrogen-bond donors (Lipinski definition) is 1. The third-order valence-corrected chi connectivity index (χ3v) is 3.91. The number of thiophene rings is 1. The number of piperidine rings is 1. The molecule has 0 radical (unpaired) electrons. The summed E-state index contributed by atoms with van der Waals surface area (Å²) in [6.45, 7) is 4.36. The molecule has 2 rings (SSSR count). The first kappa shape index (κ1) is 10.5. The molecule has 3 nitrogen and oxygen atoms in total. The monoisotopic (exact) mass is 225 g/mol. The zero-order valence-corrected chi connectivity index (χ0v) is 9.59. The molecule has 1 aliphatic rings. The molecule has 0 saturated carbocycles. The predicted octanol–water partition coefficient (Wildman–Crippen LogP) is 2.68. The van der Waals surface area contributed by atoms with E-state index in [-0.39, 0.29) is 0 Å². The molecule has 1 atom stereocenters. The topological polar surface area (TPSA) is 40.5 Å². The molecule has 0 bridgehead atoms. The van der Waals surface area contributed by atoms with Crippen molar-refractivity contribution < 1.29 is 9.90 Å². The lowest BCUT2D eigenvalue weighted by atomic mass is 10.0. The van der Waals surface area contributed by atoms with Gasteiger partial charge in [0.1, 0.15) is 4.88 Å². The van der Waals surface area contributed by atoms with Gasteiger partial charge in [-0.05, 0) is 30.9 Å². The Morgan fingerprint density at radius 3 is 3.00 bits per heavy atom. The maximum absolute atomic E-state index is 10.8. The first-order chi connectivity index (χ1) is 7.16. The van der Waals surface area contributed by atoms with Gasteiger partial charge in [0.2, 0.25) is 0 Å². The van der Waals surface area contributed by atoms with Gasteiger partial charge in [0, 0.05) is 13.1 Å². The maximum atomic E-state index is 10.8. The zero-order chi connectivity index (χ0) is 10.8. The minimum Gasteiger partial charge on any atom is -0.477 e. The number of carboxylic acids is 1. The van der Waals surface area contributed by atoms with Gasteiger partial charge in [0.25, 0.3) is 0 Å². The van der Waals surface area contributed by atoms with Crippen LogP contribution in [0.1, 0.15) is 29.4 Å². The lowest BCUT2D eigenvalue weighted by Gasteiger charge is -2.31. The smallest absolute Gasteiger partial charge is 0.345 e. The van der Waals surface area contributed by atoms with Gasteiger partial charge in [-0.1, -0.05) is 6.92 Å². The highest BCUT2D eigenvalue weighted by Crippen LogP contribution is 2.29.